The van der Waals surface area contributed by atoms with Gasteiger partial charge in [-0.05, 0) is 72.1 Å². The fourth-order valence-electron chi connectivity index (χ4n) is 3.16. The van der Waals surface area contributed by atoms with Gasteiger partial charge in [0.25, 0.3) is 11.8 Å². The lowest BCUT2D eigenvalue weighted by Crippen LogP contribution is -2.29. The second-order valence-electron chi connectivity index (χ2n) is 7.77. The summed E-state index contributed by atoms with van der Waals surface area (Å²) in [5.74, 6) is -0.531. The minimum absolute atomic E-state index is 0.188. The lowest BCUT2D eigenvalue weighted by atomic mass is 10.1. The zero-order valence-electron chi connectivity index (χ0n) is 19.3. The molecule has 182 valence electrons. The molecule has 0 aliphatic carbocycles. The van der Waals surface area contributed by atoms with Crippen LogP contribution in [0.2, 0.25) is 0 Å². The van der Waals surface area contributed by atoms with E-state index in [0.717, 1.165) is 17.4 Å². The van der Waals surface area contributed by atoms with Crippen molar-refractivity contribution in [2.75, 3.05) is 17.2 Å². The molecule has 2 amide bonds. The normalized spacial score (nSPS) is 11.3. The Balaban J connectivity index is 1.64. The largest absolute Gasteiger partial charge is 0.484 e. The number of nitrogens with zero attached hydrogens (tertiary/aromatic N) is 2. The van der Waals surface area contributed by atoms with Crippen molar-refractivity contribution < 1.29 is 22.7 Å². The summed E-state index contributed by atoms with van der Waals surface area (Å²) in [6.07, 6.45) is 2.61. The predicted molar refractivity (Wildman–Crippen MR) is 135 cm³/mol. The lowest BCUT2D eigenvalue weighted by Gasteiger charge is -2.23. The number of amides is 2. The molecule has 0 saturated carbocycles. The number of anilines is 1. The van der Waals surface area contributed by atoms with E-state index in [-0.39, 0.29) is 13.2 Å². The van der Waals surface area contributed by atoms with E-state index in [1.54, 1.807) is 48.5 Å². The third-order valence-electron chi connectivity index (χ3n) is 5.03. The first-order chi connectivity index (χ1) is 16.6. The average Bonchev–Trinajstić information content (AvgIpc) is 2.82. The number of aryl methyl sites for hydroxylation is 1. The van der Waals surface area contributed by atoms with Crippen molar-refractivity contribution in [3.8, 4) is 5.75 Å². The van der Waals surface area contributed by atoms with Crippen LogP contribution in [0.4, 0.5) is 5.69 Å². The number of rotatable bonds is 10. The van der Waals surface area contributed by atoms with Gasteiger partial charge in [0.2, 0.25) is 10.0 Å². The summed E-state index contributed by atoms with van der Waals surface area (Å²) in [6.45, 7) is 1.90. The van der Waals surface area contributed by atoms with Crippen LogP contribution in [0, 0.1) is 6.92 Å². The number of primary amides is 1. The van der Waals surface area contributed by atoms with Crippen molar-refractivity contribution in [1.29, 1.82) is 0 Å². The van der Waals surface area contributed by atoms with Gasteiger partial charge in [0.15, 0.2) is 6.61 Å². The Morgan fingerprint density at radius 1 is 1.03 bits per heavy atom. The molecule has 3 aromatic carbocycles. The second kappa shape index (κ2) is 11.3. The van der Waals surface area contributed by atoms with Gasteiger partial charge in [0, 0.05) is 5.56 Å². The first kappa shape index (κ1) is 25.4. The molecule has 3 rings (SSSR count). The highest BCUT2D eigenvalue weighted by atomic mass is 32.2. The Labute approximate surface area is 204 Å². The topological polar surface area (TPSA) is 131 Å². The molecule has 0 aliphatic rings. The van der Waals surface area contributed by atoms with Gasteiger partial charge in [-0.15, -0.1) is 0 Å². The minimum atomic E-state index is -3.54. The molecule has 10 heteroatoms. The Hall–Kier alpha value is -4.18. The molecule has 0 unspecified atom stereocenters. The summed E-state index contributed by atoms with van der Waals surface area (Å²) >= 11 is 0. The van der Waals surface area contributed by atoms with Crippen LogP contribution in [0.3, 0.4) is 0 Å². The number of hydrogen-bond acceptors (Lipinski definition) is 6. The van der Waals surface area contributed by atoms with E-state index < -0.39 is 21.8 Å². The number of sulfonamides is 1. The van der Waals surface area contributed by atoms with Crippen molar-refractivity contribution in [2.45, 2.75) is 13.5 Å². The zero-order chi connectivity index (χ0) is 25.4. The van der Waals surface area contributed by atoms with Crippen LogP contribution in [0.5, 0.6) is 5.75 Å². The molecule has 0 heterocycles. The van der Waals surface area contributed by atoms with Crippen LogP contribution >= 0.6 is 0 Å². The summed E-state index contributed by atoms with van der Waals surface area (Å²) in [7, 11) is -3.54. The number of nitrogens with two attached hydrogens (primary N) is 1. The van der Waals surface area contributed by atoms with Crippen molar-refractivity contribution in [3.63, 3.8) is 0 Å². The maximum atomic E-state index is 12.4. The maximum absolute atomic E-state index is 12.4. The monoisotopic (exact) mass is 494 g/mol. The van der Waals surface area contributed by atoms with E-state index in [4.69, 9.17) is 10.5 Å². The fourth-order valence-corrected chi connectivity index (χ4v) is 4.03. The number of carbonyl (C=O) groups excluding carboxylic acids is 2. The van der Waals surface area contributed by atoms with Crippen molar-refractivity contribution >= 4 is 33.7 Å². The molecule has 0 aliphatic heterocycles. The van der Waals surface area contributed by atoms with Crippen LogP contribution in [0.1, 0.15) is 27.0 Å². The highest BCUT2D eigenvalue weighted by Gasteiger charge is 2.19. The molecule has 0 atom stereocenters. The second-order valence-corrected chi connectivity index (χ2v) is 9.67. The summed E-state index contributed by atoms with van der Waals surface area (Å²) in [5.41, 5.74) is 10.8. The van der Waals surface area contributed by atoms with Crippen molar-refractivity contribution in [1.82, 2.24) is 5.43 Å². The van der Waals surface area contributed by atoms with E-state index in [1.807, 2.05) is 31.2 Å². The lowest BCUT2D eigenvalue weighted by molar-refractivity contribution is -0.119. The number of hydrazone groups is 1. The Morgan fingerprint density at radius 2 is 1.69 bits per heavy atom. The van der Waals surface area contributed by atoms with E-state index >= 15 is 0 Å². The number of hydrogen-bond donors (Lipinski definition) is 2. The van der Waals surface area contributed by atoms with Gasteiger partial charge in [-0.2, -0.15) is 5.10 Å². The molecule has 3 N–H and O–H groups in total. The summed E-state index contributed by atoms with van der Waals surface area (Å²) < 4.78 is 31.3. The Morgan fingerprint density at radius 3 is 2.29 bits per heavy atom. The van der Waals surface area contributed by atoms with E-state index in [9.17, 15) is 18.0 Å². The van der Waals surface area contributed by atoms with E-state index in [2.05, 4.69) is 10.5 Å². The zero-order valence-corrected chi connectivity index (χ0v) is 20.2. The van der Waals surface area contributed by atoms with E-state index in [1.165, 1.54) is 10.5 Å². The van der Waals surface area contributed by atoms with Gasteiger partial charge >= 0.3 is 0 Å². The first-order valence-corrected chi connectivity index (χ1v) is 12.4. The van der Waals surface area contributed by atoms with Gasteiger partial charge in [-0.25, -0.2) is 13.8 Å². The van der Waals surface area contributed by atoms with Gasteiger partial charge in [-0.1, -0.05) is 24.3 Å². The molecule has 0 aromatic heterocycles. The van der Waals surface area contributed by atoms with Crippen LogP contribution < -0.4 is 20.2 Å². The highest BCUT2D eigenvalue weighted by molar-refractivity contribution is 7.92. The summed E-state index contributed by atoms with van der Waals surface area (Å²) in [5, 5.41) is 3.94. The third-order valence-corrected chi connectivity index (χ3v) is 6.17. The molecule has 0 spiro atoms. The maximum Gasteiger partial charge on any atom is 0.271 e. The molecule has 0 fully saturated rings. The quantitative estimate of drug-likeness (QED) is 0.330. The van der Waals surface area contributed by atoms with Gasteiger partial charge in [-0.3, -0.25) is 13.9 Å². The molecular weight excluding hydrogens is 468 g/mol. The van der Waals surface area contributed by atoms with Crippen LogP contribution in [0.25, 0.3) is 0 Å². The van der Waals surface area contributed by atoms with Gasteiger partial charge in [0.1, 0.15) is 5.75 Å². The summed E-state index contributed by atoms with van der Waals surface area (Å²) in [6, 6.07) is 20.5. The third kappa shape index (κ3) is 7.41. The number of ether oxygens (including phenoxy) is 1. The molecule has 3 aromatic rings. The number of carbonyl (C=O) groups is 2. The van der Waals surface area contributed by atoms with Crippen molar-refractivity contribution in [3.05, 3.63) is 95.1 Å². The smallest absolute Gasteiger partial charge is 0.271 e. The van der Waals surface area contributed by atoms with Crippen LogP contribution in [0.15, 0.2) is 77.9 Å². The Kier molecular flexibility index (Phi) is 8.21. The molecule has 0 bridgehead atoms. The minimum Gasteiger partial charge on any atom is -0.484 e. The van der Waals surface area contributed by atoms with Crippen molar-refractivity contribution in [2.24, 2.45) is 10.8 Å². The molecule has 9 nitrogen and oxygen atoms in total. The standard InChI is InChI=1S/C25H26N4O5S/c1-18-5-3-4-6-21(18)16-29(35(2,32)33)22-11-9-20(10-12-22)25(31)28-27-15-19-7-13-23(14-8-19)34-17-24(26)30/h3-15H,16-17H2,1-2H3,(H2,26,30)(H,28,31). The SMILES string of the molecule is Cc1ccccc1CN(c1ccc(C(=O)NN=Cc2ccc(OCC(N)=O)cc2)cc1)S(C)(=O)=O. The first-order valence-electron chi connectivity index (χ1n) is 10.6. The predicted octanol–water partition coefficient (Wildman–Crippen LogP) is 2.59. The van der Waals surface area contributed by atoms with E-state index in [0.29, 0.717) is 22.6 Å². The highest BCUT2D eigenvalue weighted by Crippen LogP contribution is 2.22. The molecule has 0 saturated heterocycles. The molecule has 0 radical (unpaired) electrons. The number of nitrogens with one attached hydrogen (secondary N) is 1. The van der Waals surface area contributed by atoms with Gasteiger partial charge in [0.05, 0.1) is 24.7 Å². The summed E-state index contributed by atoms with van der Waals surface area (Å²) in [4.78, 5) is 23.2. The van der Waals surface area contributed by atoms with Gasteiger partial charge < -0.3 is 10.5 Å². The molecular formula is C25H26N4O5S. The Bertz CT molecular complexity index is 1320. The molecule has 35 heavy (non-hydrogen) atoms. The fraction of sp³-hybridized carbons (Fsp3) is 0.160. The van der Waals surface area contributed by atoms with Crippen LogP contribution in [-0.2, 0) is 21.4 Å². The number of benzene rings is 3. The average molecular weight is 495 g/mol. The van der Waals surface area contributed by atoms with Crippen LogP contribution in [-0.4, -0.2) is 39.3 Å².